The monoisotopic (exact) mass is 509 g/mol. The van der Waals surface area contributed by atoms with Crippen molar-refractivity contribution in [3.05, 3.63) is 69.2 Å². The van der Waals surface area contributed by atoms with Crippen molar-refractivity contribution in [3.8, 4) is 5.00 Å². The summed E-state index contributed by atoms with van der Waals surface area (Å²) in [6.07, 6.45) is 15.0. The summed E-state index contributed by atoms with van der Waals surface area (Å²) in [7, 11) is 0. The molecule has 2 amide bonds. The van der Waals surface area contributed by atoms with Crippen molar-refractivity contribution in [2.45, 2.75) is 64.3 Å². The number of fused-ring (bicyclic) bond motifs is 2. The number of rotatable bonds is 8. The van der Waals surface area contributed by atoms with E-state index in [1.165, 1.54) is 50.1 Å². The fourth-order valence-electron chi connectivity index (χ4n) is 4.97. The van der Waals surface area contributed by atoms with Crippen molar-refractivity contribution >= 4 is 39.7 Å². The molecule has 0 saturated heterocycles. The second-order valence-corrected chi connectivity index (χ2v) is 11.2. The van der Waals surface area contributed by atoms with Gasteiger partial charge in [-0.3, -0.25) is 5.32 Å². The normalized spacial score (nSPS) is 14.6. The lowest BCUT2D eigenvalue weighted by molar-refractivity contribution is 0.0512. The van der Waals surface area contributed by atoms with E-state index in [2.05, 4.69) is 34.2 Å². The molecule has 0 saturated carbocycles. The van der Waals surface area contributed by atoms with Crippen LogP contribution in [0.3, 0.4) is 0 Å². The Morgan fingerprint density at radius 2 is 1.69 bits per heavy atom. The zero-order valence-electron chi connectivity index (χ0n) is 19.9. The number of aromatic nitrogens is 1. The Hall–Kier alpha value is -2.84. The number of nitrogens with zero attached hydrogens (tertiary/aromatic N) is 1. The quantitative estimate of drug-likeness (QED) is 0.209. The van der Waals surface area contributed by atoms with Crippen molar-refractivity contribution in [2.24, 2.45) is 0 Å². The van der Waals surface area contributed by atoms with Crippen LogP contribution in [-0.2, 0) is 37.0 Å². The average Bonchev–Trinajstić information content (AvgIpc) is 3.59. The van der Waals surface area contributed by atoms with E-state index < -0.39 is 0 Å². The molecule has 2 aliphatic rings. The number of amides is 2. The number of hydrogen-bond acceptors (Lipinski definition) is 5. The molecule has 0 spiro atoms. The third-order valence-corrected chi connectivity index (χ3v) is 9.24. The lowest BCUT2D eigenvalue weighted by Crippen LogP contribution is -2.29. The minimum Gasteiger partial charge on any atom is -0.462 e. The van der Waals surface area contributed by atoms with E-state index in [-0.39, 0.29) is 12.0 Å². The van der Waals surface area contributed by atoms with Gasteiger partial charge in [0.05, 0.1) is 12.2 Å². The Balaban J connectivity index is 1.34. The van der Waals surface area contributed by atoms with Crippen LogP contribution < -0.4 is 10.6 Å². The van der Waals surface area contributed by atoms with E-state index in [4.69, 9.17) is 4.74 Å². The molecule has 0 radical (unpaired) electrons. The highest BCUT2D eigenvalue weighted by Crippen LogP contribution is 2.39. The van der Waals surface area contributed by atoms with Gasteiger partial charge in [0, 0.05) is 34.3 Å². The molecule has 2 aliphatic carbocycles. The molecule has 3 heterocycles. The number of esters is 1. The number of carbonyl (C=O) groups is 2. The maximum atomic E-state index is 13.0. The van der Waals surface area contributed by atoms with Crippen LogP contribution in [0, 0.1) is 0 Å². The van der Waals surface area contributed by atoms with E-state index in [9.17, 15) is 9.59 Å². The Morgan fingerprint density at radius 3 is 2.43 bits per heavy atom. The largest absolute Gasteiger partial charge is 0.462 e. The summed E-state index contributed by atoms with van der Waals surface area (Å²) in [5.41, 5.74) is 4.17. The molecule has 0 aliphatic heterocycles. The molecule has 6 nitrogen and oxygen atoms in total. The second-order valence-electron chi connectivity index (χ2n) is 9.02. The molecule has 3 aromatic rings. The molecule has 0 bridgehead atoms. The van der Waals surface area contributed by atoms with Crippen molar-refractivity contribution in [1.82, 2.24) is 9.88 Å². The number of carbonyl (C=O) groups excluding carboxylic acids is 2. The number of nitrogens with one attached hydrogen (secondary N) is 2. The molecule has 0 unspecified atom stereocenters. The van der Waals surface area contributed by atoms with Crippen LogP contribution in [-0.4, -0.2) is 23.2 Å². The Labute approximate surface area is 214 Å². The maximum absolute atomic E-state index is 13.0. The summed E-state index contributed by atoms with van der Waals surface area (Å²) in [6.45, 7) is 4.43. The molecule has 0 atom stereocenters. The molecule has 8 heteroatoms. The van der Waals surface area contributed by atoms with Gasteiger partial charge in [0.2, 0.25) is 0 Å². The fourth-order valence-corrected chi connectivity index (χ4v) is 7.62. The first kappa shape index (κ1) is 23.9. The third kappa shape index (κ3) is 5.09. The van der Waals surface area contributed by atoms with Crippen LogP contribution in [0.5, 0.6) is 0 Å². The van der Waals surface area contributed by atoms with Gasteiger partial charge < -0.3 is 14.6 Å². The van der Waals surface area contributed by atoms with Gasteiger partial charge >= 0.3 is 12.0 Å². The first-order valence-corrected chi connectivity index (χ1v) is 14.0. The van der Waals surface area contributed by atoms with Crippen molar-refractivity contribution in [2.75, 3.05) is 11.9 Å². The summed E-state index contributed by atoms with van der Waals surface area (Å²) < 4.78 is 7.62. The SMILES string of the molecule is C=CCCOC(=O)c1c(NC(=O)NCc2c(-n3cccc3)sc3c2CCCC3)sc2c1CCCC2. The van der Waals surface area contributed by atoms with E-state index >= 15 is 0 Å². The maximum Gasteiger partial charge on any atom is 0.341 e. The van der Waals surface area contributed by atoms with Gasteiger partial charge in [-0.25, -0.2) is 9.59 Å². The van der Waals surface area contributed by atoms with E-state index in [0.29, 0.717) is 30.1 Å². The highest BCUT2D eigenvalue weighted by Gasteiger charge is 2.28. The topological polar surface area (TPSA) is 72.4 Å². The first-order valence-electron chi connectivity index (χ1n) is 12.4. The van der Waals surface area contributed by atoms with E-state index in [0.717, 1.165) is 44.1 Å². The van der Waals surface area contributed by atoms with Crippen molar-refractivity contribution in [1.29, 1.82) is 0 Å². The van der Waals surface area contributed by atoms with Gasteiger partial charge in [-0.2, -0.15) is 0 Å². The van der Waals surface area contributed by atoms with Gasteiger partial charge in [0.1, 0.15) is 10.0 Å². The lowest BCUT2D eigenvalue weighted by Gasteiger charge is -2.14. The fraction of sp³-hybridized carbons (Fsp3) is 0.407. The third-order valence-electron chi connectivity index (χ3n) is 6.68. The van der Waals surface area contributed by atoms with Crippen LogP contribution in [0.1, 0.15) is 68.9 Å². The van der Waals surface area contributed by atoms with Gasteiger partial charge in [0.15, 0.2) is 0 Å². The van der Waals surface area contributed by atoms with Crippen LogP contribution in [0.4, 0.5) is 9.80 Å². The van der Waals surface area contributed by atoms with Gasteiger partial charge in [0.25, 0.3) is 0 Å². The molecular formula is C27H31N3O3S2. The first-order chi connectivity index (χ1) is 17.2. The number of urea groups is 1. The highest BCUT2D eigenvalue weighted by molar-refractivity contribution is 7.17. The molecule has 5 rings (SSSR count). The Kier molecular flexibility index (Phi) is 7.39. The number of thiophene rings is 2. The molecular weight excluding hydrogens is 478 g/mol. The molecule has 0 aromatic carbocycles. The van der Waals surface area contributed by atoms with Gasteiger partial charge in [-0.05, 0) is 81.0 Å². The second kappa shape index (κ2) is 10.8. The van der Waals surface area contributed by atoms with Crippen LogP contribution in [0.25, 0.3) is 5.00 Å². The summed E-state index contributed by atoms with van der Waals surface area (Å²) in [6, 6.07) is 3.76. The predicted octanol–water partition coefficient (Wildman–Crippen LogP) is 6.41. The smallest absolute Gasteiger partial charge is 0.341 e. The zero-order chi connectivity index (χ0) is 24.2. The molecule has 2 N–H and O–H groups in total. The van der Waals surface area contributed by atoms with Crippen molar-refractivity contribution < 1.29 is 14.3 Å². The van der Waals surface area contributed by atoms with Crippen molar-refractivity contribution in [3.63, 3.8) is 0 Å². The molecule has 35 heavy (non-hydrogen) atoms. The summed E-state index contributed by atoms with van der Waals surface area (Å²) in [4.78, 5) is 28.6. The number of ether oxygens (including phenoxy) is 1. The number of hydrogen-bond donors (Lipinski definition) is 2. The zero-order valence-corrected chi connectivity index (χ0v) is 21.5. The van der Waals surface area contributed by atoms with Gasteiger partial charge in [-0.1, -0.05) is 6.08 Å². The molecule has 0 fully saturated rings. The molecule has 3 aromatic heterocycles. The predicted molar refractivity (Wildman–Crippen MR) is 142 cm³/mol. The average molecular weight is 510 g/mol. The lowest BCUT2D eigenvalue weighted by atomic mass is 9.95. The summed E-state index contributed by atoms with van der Waals surface area (Å²) >= 11 is 3.34. The minimum absolute atomic E-state index is 0.294. The van der Waals surface area contributed by atoms with E-state index in [1.54, 1.807) is 6.08 Å². The Morgan fingerprint density at radius 1 is 1.00 bits per heavy atom. The summed E-state index contributed by atoms with van der Waals surface area (Å²) in [5.74, 6) is -0.358. The number of aryl methyl sites for hydroxylation is 2. The molecule has 184 valence electrons. The van der Waals surface area contributed by atoms with E-state index in [1.807, 2.05) is 23.5 Å². The highest BCUT2D eigenvalue weighted by atomic mass is 32.1. The van der Waals surface area contributed by atoms with Crippen LogP contribution in [0.2, 0.25) is 0 Å². The van der Waals surface area contributed by atoms with Crippen LogP contribution >= 0.6 is 22.7 Å². The van der Waals surface area contributed by atoms with Gasteiger partial charge in [-0.15, -0.1) is 29.3 Å². The Bertz CT molecular complexity index is 1220. The summed E-state index contributed by atoms with van der Waals surface area (Å²) in [5, 5.41) is 7.82. The standard InChI is InChI=1S/C27H31N3O3S2/c1-2-3-16-33-26(31)23-19-11-5-7-13-22(19)34-24(23)29-27(32)28-17-20-18-10-4-6-12-21(18)35-25(20)30-14-8-9-15-30/h2,8-9,14-15H,1,3-7,10-13,16-17H2,(H2,28,29,32). The van der Waals surface area contributed by atoms with Crippen LogP contribution in [0.15, 0.2) is 37.2 Å². The number of anilines is 1. The minimum atomic E-state index is -0.358.